The van der Waals surface area contributed by atoms with Crippen molar-refractivity contribution in [3.8, 4) is 0 Å². The first-order valence-electron chi connectivity index (χ1n) is 9.21. The molecule has 12 nitrogen and oxygen atoms in total. The van der Waals surface area contributed by atoms with Crippen LogP contribution in [0, 0.1) is 0 Å². The van der Waals surface area contributed by atoms with Crippen LogP contribution in [0.15, 0.2) is 0 Å². The number of aliphatic hydroxyl groups is 6. The highest BCUT2D eigenvalue weighted by Crippen LogP contribution is 2.25. The Hall–Kier alpha value is -0.930. The summed E-state index contributed by atoms with van der Waals surface area (Å²) in [5, 5.41) is 61.6. The first kappa shape index (κ1) is 25.1. The van der Waals surface area contributed by atoms with Crippen LogP contribution in [0.3, 0.4) is 0 Å². The van der Waals surface area contributed by atoms with E-state index in [9.17, 15) is 30.3 Å². The lowest BCUT2D eigenvalue weighted by atomic mass is 9.95. The maximum Gasteiger partial charge on any atom is 0.220 e. The van der Waals surface area contributed by atoms with E-state index < -0.39 is 68.2 Å². The third-order valence-electron chi connectivity index (χ3n) is 4.61. The number of carbonyl (C=O) groups excluding carboxylic acids is 1. The van der Waals surface area contributed by atoms with E-state index in [-0.39, 0.29) is 18.9 Å². The number of nitrogens with two attached hydrogens (primary N) is 2. The largest absolute Gasteiger partial charge is 0.394 e. The second-order valence-electron chi connectivity index (χ2n) is 6.78. The molecule has 1 heterocycles. The first-order valence-corrected chi connectivity index (χ1v) is 9.21. The van der Waals surface area contributed by atoms with Crippen molar-refractivity contribution >= 4 is 5.91 Å². The normalized spacial score (nSPS) is 32.4. The molecule has 0 aromatic carbocycles. The number of amides is 1. The van der Waals surface area contributed by atoms with E-state index in [4.69, 9.17) is 26.0 Å². The van der Waals surface area contributed by atoms with Crippen LogP contribution in [0.5, 0.6) is 0 Å². The van der Waals surface area contributed by atoms with Crippen molar-refractivity contribution in [2.24, 2.45) is 11.5 Å². The molecular formula is C16H33N3O9. The van der Waals surface area contributed by atoms with Gasteiger partial charge in [-0.2, -0.15) is 0 Å². The first-order chi connectivity index (χ1) is 13.2. The monoisotopic (exact) mass is 411 g/mol. The van der Waals surface area contributed by atoms with E-state index in [1.54, 1.807) is 6.92 Å². The van der Waals surface area contributed by atoms with Gasteiger partial charge >= 0.3 is 0 Å². The zero-order valence-corrected chi connectivity index (χ0v) is 15.8. The van der Waals surface area contributed by atoms with Crippen molar-refractivity contribution in [1.82, 2.24) is 5.32 Å². The van der Waals surface area contributed by atoms with Crippen molar-refractivity contribution in [1.29, 1.82) is 0 Å². The zero-order valence-electron chi connectivity index (χ0n) is 15.8. The minimum absolute atomic E-state index is 0.191. The lowest BCUT2D eigenvalue weighted by molar-refractivity contribution is -0.302. The molecule has 0 saturated carbocycles. The number of hydrogen-bond acceptors (Lipinski definition) is 11. The molecule has 1 rings (SSSR count). The Morgan fingerprint density at radius 3 is 2.36 bits per heavy atom. The lowest BCUT2D eigenvalue weighted by Crippen LogP contribution is -2.66. The number of nitrogens with one attached hydrogen (secondary N) is 1. The standard InChI is InChI=1S/C16H33N3O9/c1-2-3-10(24)19-12-9(6-21)27-16(14(26)13(12)25)28-15(7(22)4-17)11(18)8(23)5-20/h7-9,11-16,20-23,25-26H,2-6,17-18H2,1H3,(H,19,24)/t7-,8+,9?,11+,12+,13?,14?,15+,16+/m0/s1. The van der Waals surface area contributed by atoms with Gasteiger partial charge in [-0.1, -0.05) is 6.92 Å². The van der Waals surface area contributed by atoms with E-state index in [0.717, 1.165) is 0 Å². The summed E-state index contributed by atoms with van der Waals surface area (Å²) in [6.45, 7) is 0.180. The Balaban J connectivity index is 2.94. The Morgan fingerprint density at radius 2 is 1.86 bits per heavy atom. The van der Waals surface area contributed by atoms with E-state index >= 15 is 0 Å². The fourth-order valence-electron chi connectivity index (χ4n) is 2.93. The van der Waals surface area contributed by atoms with Gasteiger partial charge < -0.3 is 56.9 Å². The van der Waals surface area contributed by atoms with Crippen LogP contribution in [-0.4, -0.2) is 111 Å². The summed E-state index contributed by atoms with van der Waals surface area (Å²) < 4.78 is 10.9. The molecule has 0 radical (unpaired) electrons. The Morgan fingerprint density at radius 1 is 1.21 bits per heavy atom. The van der Waals surface area contributed by atoms with Gasteiger partial charge in [0.15, 0.2) is 6.29 Å². The van der Waals surface area contributed by atoms with Crippen molar-refractivity contribution in [3.63, 3.8) is 0 Å². The van der Waals surface area contributed by atoms with Gasteiger partial charge in [-0.25, -0.2) is 0 Å². The Bertz CT molecular complexity index is 471. The maximum atomic E-state index is 11.8. The molecule has 1 amide bonds. The highest BCUT2D eigenvalue weighted by atomic mass is 16.7. The second-order valence-corrected chi connectivity index (χ2v) is 6.78. The van der Waals surface area contributed by atoms with E-state index in [0.29, 0.717) is 6.42 Å². The van der Waals surface area contributed by atoms with Gasteiger partial charge in [0.2, 0.25) is 5.91 Å². The number of rotatable bonds is 11. The van der Waals surface area contributed by atoms with Crippen LogP contribution in [0.2, 0.25) is 0 Å². The smallest absolute Gasteiger partial charge is 0.220 e. The van der Waals surface area contributed by atoms with Gasteiger partial charge in [0, 0.05) is 13.0 Å². The zero-order chi connectivity index (χ0) is 21.4. The third-order valence-corrected chi connectivity index (χ3v) is 4.61. The summed E-state index contributed by atoms with van der Waals surface area (Å²) in [4.78, 5) is 11.8. The van der Waals surface area contributed by atoms with Crippen LogP contribution in [0.4, 0.5) is 0 Å². The van der Waals surface area contributed by atoms with Crippen molar-refractivity contribution in [3.05, 3.63) is 0 Å². The summed E-state index contributed by atoms with van der Waals surface area (Å²) in [7, 11) is 0. The molecule has 0 bridgehead atoms. The summed E-state index contributed by atoms with van der Waals surface area (Å²) in [6, 6.07) is -2.38. The molecule has 3 unspecified atom stereocenters. The molecule has 1 aliphatic heterocycles. The highest BCUT2D eigenvalue weighted by Gasteiger charge is 2.47. The predicted octanol–water partition coefficient (Wildman–Crippen LogP) is -4.90. The van der Waals surface area contributed by atoms with E-state index in [1.807, 2.05) is 0 Å². The van der Waals surface area contributed by atoms with Gasteiger partial charge in [0.05, 0.1) is 37.5 Å². The molecule has 1 saturated heterocycles. The maximum absolute atomic E-state index is 11.8. The summed E-state index contributed by atoms with van der Waals surface area (Å²) in [5.41, 5.74) is 11.2. The Labute approximate surface area is 163 Å². The summed E-state index contributed by atoms with van der Waals surface area (Å²) >= 11 is 0. The van der Waals surface area contributed by atoms with Gasteiger partial charge in [-0.15, -0.1) is 0 Å². The van der Waals surface area contributed by atoms with E-state index in [1.165, 1.54) is 0 Å². The summed E-state index contributed by atoms with van der Waals surface area (Å²) in [6.07, 6.45) is -9.30. The van der Waals surface area contributed by atoms with Crippen LogP contribution >= 0.6 is 0 Å². The van der Waals surface area contributed by atoms with Gasteiger partial charge in [-0.05, 0) is 6.42 Å². The molecule has 166 valence electrons. The van der Waals surface area contributed by atoms with Crippen molar-refractivity contribution < 1.29 is 44.9 Å². The molecule has 0 spiro atoms. The van der Waals surface area contributed by atoms with Crippen LogP contribution in [-0.2, 0) is 14.3 Å². The lowest BCUT2D eigenvalue weighted by Gasteiger charge is -2.44. The van der Waals surface area contributed by atoms with Crippen molar-refractivity contribution in [2.75, 3.05) is 19.8 Å². The number of aliphatic hydroxyl groups excluding tert-OH is 6. The molecule has 1 aliphatic rings. The summed E-state index contributed by atoms with van der Waals surface area (Å²) in [5.74, 6) is -0.385. The fourth-order valence-corrected chi connectivity index (χ4v) is 2.93. The van der Waals surface area contributed by atoms with Gasteiger partial charge in [-0.3, -0.25) is 4.79 Å². The minimum Gasteiger partial charge on any atom is -0.394 e. The number of carbonyl (C=O) groups is 1. The fraction of sp³-hybridized carbons (Fsp3) is 0.938. The molecule has 12 heteroatoms. The van der Waals surface area contributed by atoms with Crippen molar-refractivity contribution in [2.45, 2.75) is 74.8 Å². The Kier molecular flexibility index (Phi) is 10.7. The topological polar surface area (TPSA) is 221 Å². The van der Waals surface area contributed by atoms with Crippen LogP contribution < -0.4 is 16.8 Å². The quantitative estimate of drug-likeness (QED) is 0.157. The SMILES string of the molecule is CCCC(=O)N[C@@H]1C(CO)O[C@H](O[C@@H]([C@H](N)[C@H](O)CO)[C@@H](O)CN)C(O)C1O. The third kappa shape index (κ3) is 6.29. The van der Waals surface area contributed by atoms with E-state index in [2.05, 4.69) is 5.32 Å². The van der Waals surface area contributed by atoms with Crippen LogP contribution in [0.25, 0.3) is 0 Å². The molecule has 28 heavy (non-hydrogen) atoms. The molecule has 1 fully saturated rings. The molecule has 0 aliphatic carbocycles. The second kappa shape index (κ2) is 11.9. The van der Waals surface area contributed by atoms with Gasteiger partial charge in [0.25, 0.3) is 0 Å². The molecule has 0 aromatic heterocycles. The predicted molar refractivity (Wildman–Crippen MR) is 95.6 cm³/mol. The molecule has 11 N–H and O–H groups in total. The van der Waals surface area contributed by atoms with Gasteiger partial charge in [0.1, 0.15) is 24.4 Å². The minimum atomic E-state index is -1.67. The van der Waals surface area contributed by atoms with Crippen LogP contribution in [0.1, 0.15) is 19.8 Å². The number of hydrogen-bond donors (Lipinski definition) is 9. The molecular weight excluding hydrogens is 378 g/mol. The average molecular weight is 411 g/mol. The highest BCUT2D eigenvalue weighted by molar-refractivity contribution is 5.76. The number of ether oxygens (including phenoxy) is 2. The average Bonchev–Trinajstić information content (AvgIpc) is 2.69. The molecule has 9 atom stereocenters. The molecule has 0 aromatic rings.